The lowest BCUT2D eigenvalue weighted by molar-refractivity contribution is 0.768. The Morgan fingerprint density at radius 3 is 2.73 bits per heavy atom. The van der Waals surface area contributed by atoms with Gasteiger partial charge < -0.3 is 10.6 Å². The number of halogens is 1. The third-order valence-electron chi connectivity index (χ3n) is 3.76. The Kier molecular flexibility index (Phi) is 2.97. The quantitative estimate of drug-likeness (QED) is 0.786. The largest absolute Gasteiger partial charge is 0.382 e. The molecule has 0 fully saturated rings. The first-order chi connectivity index (χ1) is 10.7. The molecule has 0 aliphatic carbocycles. The van der Waals surface area contributed by atoms with Gasteiger partial charge in [-0.05, 0) is 12.1 Å². The molecule has 0 amide bonds. The van der Waals surface area contributed by atoms with Gasteiger partial charge in [0.05, 0.1) is 24.1 Å². The van der Waals surface area contributed by atoms with Gasteiger partial charge in [-0.3, -0.25) is 0 Å². The number of anilines is 2. The SMILES string of the molecule is Nc1ncnc(N2Cc3cnn(-c4ccccc4)c3C2)c1Cl. The number of nitrogen functional groups attached to an aromatic ring is 1. The van der Waals surface area contributed by atoms with Crippen LogP contribution in [-0.4, -0.2) is 19.7 Å². The molecule has 2 N–H and O–H groups in total. The molecule has 0 radical (unpaired) electrons. The predicted octanol–water partition coefficient (Wildman–Crippen LogP) is 2.42. The first-order valence-corrected chi connectivity index (χ1v) is 7.24. The molecule has 0 saturated heterocycles. The zero-order chi connectivity index (χ0) is 15.1. The van der Waals surface area contributed by atoms with Crippen LogP contribution in [0.5, 0.6) is 0 Å². The average molecular weight is 313 g/mol. The van der Waals surface area contributed by atoms with E-state index in [-0.39, 0.29) is 0 Å². The molecule has 1 aromatic carbocycles. The Hall–Kier alpha value is -2.60. The van der Waals surface area contributed by atoms with Crippen LogP contribution in [0.15, 0.2) is 42.9 Å². The van der Waals surface area contributed by atoms with E-state index in [9.17, 15) is 0 Å². The molecule has 0 saturated carbocycles. The predicted molar refractivity (Wildman–Crippen MR) is 84.9 cm³/mol. The maximum atomic E-state index is 6.23. The summed E-state index contributed by atoms with van der Waals surface area (Å²) in [6.45, 7) is 1.39. The molecule has 3 heterocycles. The van der Waals surface area contributed by atoms with E-state index in [4.69, 9.17) is 17.3 Å². The smallest absolute Gasteiger partial charge is 0.153 e. The van der Waals surface area contributed by atoms with Gasteiger partial charge in [0.1, 0.15) is 17.2 Å². The minimum Gasteiger partial charge on any atom is -0.382 e. The molecule has 2 aromatic heterocycles. The summed E-state index contributed by atoms with van der Waals surface area (Å²) in [5, 5.41) is 4.87. The van der Waals surface area contributed by atoms with E-state index in [1.165, 1.54) is 6.33 Å². The Morgan fingerprint density at radius 1 is 1.09 bits per heavy atom. The van der Waals surface area contributed by atoms with Crippen LogP contribution >= 0.6 is 11.6 Å². The number of fused-ring (bicyclic) bond motifs is 1. The zero-order valence-corrected chi connectivity index (χ0v) is 12.4. The van der Waals surface area contributed by atoms with Crippen LogP contribution in [0.1, 0.15) is 11.3 Å². The number of benzene rings is 1. The monoisotopic (exact) mass is 312 g/mol. The summed E-state index contributed by atoms with van der Waals surface area (Å²) in [6, 6.07) is 10.1. The van der Waals surface area contributed by atoms with Crippen LogP contribution in [0.3, 0.4) is 0 Å². The number of rotatable bonds is 2. The Morgan fingerprint density at radius 2 is 1.91 bits per heavy atom. The summed E-state index contributed by atoms with van der Waals surface area (Å²) in [5.41, 5.74) is 9.11. The molecule has 0 unspecified atom stereocenters. The van der Waals surface area contributed by atoms with Gasteiger partial charge in [0.25, 0.3) is 0 Å². The highest BCUT2D eigenvalue weighted by Gasteiger charge is 2.27. The third kappa shape index (κ3) is 2.00. The standard InChI is InChI=1S/C15H13ClN6/c16-13-14(17)18-9-19-15(13)21-7-10-6-20-22(12(10)8-21)11-4-2-1-3-5-11/h1-6,9H,7-8H2,(H2,17,18,19). The fourth-order valence-corrected chi connectivity index (χ4v) is 2.90. The van der Waals surface area contributed by atoms with Crippen molar-refractivity contribution in [2.24, 2.45) is 0 Å². The van der Waals surface area contributed by atoms with E-state index >= 15 is 0 Å². The van der Waals surface area contributed by atoms with Gasteiger partial charge in [0.15, 0.2) is 5.82 Å². The highest BCUT2D eigenvalue weighted by molar-refractivity contribution is 6.35. The first kappa shape index (κ1) is 13.1. The molecule has 110 valence electrons. The number of hydrogen-bond acceptors (Lipinski definition) is 5. The lowest BCUT2D eigenvalue weighted by Gasteiger charge is -2.18. The maximum Gasteiger partial charge on any atom is 0.153 e. The minimum atomic E-state index is 0.298. The number of hydrogen-bond donors (Lipinski definition) is 1. The topological polar surface area (TPSA) is 72.9 Å². The molecule has 0 spiro atoms. The fraction of sp³-hybridized carbons (Fsp3) is 0.133. The molecular formula is C15H13ClN6. The van der Waals surface area contributed by atoms with Crippen molar-refractivity contribution in [3.8, 4) is 5.69 Å². The Balaban J connectivity index is 1.70. The van der Waals surface area contributed by atoms with Gasteiger partial charge in [0.2, 0.25) is 0 Å². The van der Waals surface area contributed by atoms with Gasteiger partial charge in [0, 0.05) is 12.1 Å². The summed E-state index contributed by atoms with van der Waals surface area (Å²) < 4.78 is 1.95. The molecular weight excluding hydrogens is 300 g/mol. The molecule has 0 atom stereocenters. The van der Waals surface area contributed by atoms with Crippen molar-refractivity contribution < 1.29 is 0 Å². The summed E-state index contributed by atoms with van der Waals surface area (Å²) in [6.07, 6.45) is 3.32. The van der Waals surface area contributed by atoms with Crippen LogP contribution in [0.4, 0.5) is 11.6 Å². The second-order valence-electron chi connectivity index (χ2n) is 5.12. The van der Waals surface area contributed by atoms with E-state index in [0.29, 0.717) is 29.7 Å². The van der Waals surface area contributed by atoms with E-state index in [2.05, 4.69) is 20.0 Å². The Bertz CT molecular complexity index is 829. The second-order valence-corrected chi connectivity index (χ2v) is 5.49. The molecule has 22 heavy (non-hydrogen) atoms. The van der Waals surface area contributed by atoms with Crippen molar-refractivity contribution >= 4 is 23.2 Å². The lowest BCUT2D eigenvalue weighted by atomic mass is 10.3. The molecule has 1 aliphatic heterocycles. The van der Waals surface area contributed by atoms with Crippen molar-refractivity contribution in [1.29, 1.82) is 0 Å². The van der Waals surface area contributed by atoms with Crippen LogP contribution in [-0.2, 0) is 13.1 Å². The molecule has 1 aliphatic rings. The fourth-order valence-electron chi connectivity index (χ4n) is 2.69. The molecule has 7 heteroatoms. The van der Waals surface area contributed by atoms with E-state index < -0.39 is 0 Å². The summed E-state index contributed by atoms with van der Waals surface area (Å²) in [5.74, 6) is 0.956. The minimum absolute atomic E-state index is 0.298. The number of nitrogens with zero attached hydrogens (tertiary/aromatic N) is 5. The van der Waals surface area contributed by atoms with Gasteiger partial charge in [-0.25, -0.2) is 14.6 Å². The van der Waals surface area contributed by atoms with Gasteiger partial charge in [-0.1, -0.05) is 29.8 Å². The average Bonchev–Trinajstić information content (AvgIpc) is 3.11. The highest BCUT2D eigenvalue weighted by Crippen LogP contribution is 2.33. The summed E-state index contributed by atoms with van der Waals surface area (Å²) in [4.78, 5) is 10.2. The summed E-state index contributed by atoms with van der Waals surface area (Å²) >= 11 is 6.23. The van der Waals surface area contributed by atoms with Gasteiger partial charge in [-0.15, -0.1) is 0 Å². The summed E-state index contributed by atoms with van der Waals surface area (Å²) in [7, 11) is 0. The van der Waals surface area contributed by atoms with Crippen molar-refractivity contribution in [1.82, 2.24) is 19.7 Å². The van der Waals surface area contributed by atoms with Crippen LogP contribution in [0.2, 0.25) is 5.02 Å². The van der Waals surface area contributed by atoms with Crippen molar-refractivity contribution in [2.45, 2.75) is 13.1 Å². The first-order valence-electron chi connectivity index (χ1n) is 6.86. The normalized spacial score (nSPS) is 13.4. The van der Waals surface area contributed by atoms with E-state index in [1.807, 2.05) is 41.2 Å². The third-order valence-corrected chi connectivity index (χ3v) is 4.12. The van der Waals surface area contributed by atoms with Crippen LogP contribution in [0, 0.1) is 0 Å². The number of aromatic nitrogens is 4. The molecule has 0 bridgehead atoms. The van der Waals surface area contributed by atoms with Gasteiger partial charge >= 0.3 is 0 Å². The molecule has 3 aromatic rings. The van der Waals surface area contributed by atoms with Crippen molar-refractivity contribution in [3.05, 3.63) is 59.1 Å². The van der Waals surface area contributed by atoms with Crippen molar-refractivity contribution in [2.75, 3.05) is 10.6 Å². The van der Waals surface area contributed by atoms with Gasteiger partial charge in [-0.2, -0.15) is 5.10 Å². The van der Waals surface area contributed by atoms with E-state index in [0.717, 1.165) is 16.9 Å². The van der Waals surface area contributed by atoms with Crippen molar-refractivity contribution in [3.63, 3.8) is 0 Å². The van der Waals surface area contributed by atoms with E-state index in [1.54, 1.807) is 0 Å². The number of para-hydroxylation sites is 1. The molecule has 4 rings (SSSR count). The zero-order valence-electron chi connectivity index (χ0n) is 11.6. The highest BCUT2D eigenvalue weighted by atomic mass is 35.5. The van der Waals surface area contributed by atoms with Crippen LogP contribution in [0.25, 0.3) is 5.69 Å². The second kappa shape index (κ2) is 4.99. The maximum absolute atomic E-state index is 6.23. The van der Waals surface area contributed by atoms with Crippen LogP contribution < -0.4 is 10.6 Å². The molecule has 6 nitrogen and oxygen atoms in total. The lowest BCUT2D eigenvalue weighted by Crippen LogP contribution is -2.19. The Labute approximate surface area is 132 Å². The number of nitrogens with two attached hydrogens (primary N) is 1.